The fourth-order valence-corrected chi connectivity index (χ4v) is 3.40. The van der Waals surface area contributed by atoms with E-state index >= 15 is 0 Å². The molecule has 0 aliphatic heterocycles. The Morgan fingerprint density at radius 3 is 2.31 bits per heavy atom. The van der Waals surface area contributed by atoms with Crippen LogP contribution in [0.3, 0.4) is 0 Å². The molecule has 0 atom stereocenters. The number of likely N-dealkylation sites (N-methyl/N-ethyl adjacent to an activating group) is 1. The second kappa shape index (κ2) is 8.20. The Kier molecular flexibility index (Phi) is 6.23. The summed E-state index contributed by atoms with van der Waals surface area (Å²) in [6.07, 6.45) is 0. The Labute approximate surface area is 153 Å². The molecule has 26 heavy (non-hydrogen) atoms. The predicted molar refractivity (Wildman–Crippen MR) is 99.2 cm³/mol. The van der Waals surface area contributed by atoms with E-state index in [4.69, 9.17) is 9.47 Å². The number of aryl methyl sites for hydroxylation is 1. The van der Waals surface area contributed by atoms with Crippen LogP contribution in [-0.2, 0) is 14.8 Å². The molecule has 1 N–H and O–H groups in total. The maximum Gasteiger partial charge on any atom is 0.243 e. The number of carbonyl (C=O) groups is 1. The van der Waals surface area contributed by atoms with E-state index < -0.39 is 15.9 Å². The predicted octanol–water partition coefficient (Wildman–Crippen LogP) is 2.27. The number of carbonyl (C=O) groups excluding carboxylic acids is 1. The van der Waals surface area contributed by atoms with Crippen molar-refractivity contribution in [2.75, 3.05) is 33.1 Å². The van der Waals surface area contributed by atoms with Gasteiger partial charge in [-0.2, -0.15) is 4.31 Å². The number of amides is 1. The summed E-state index contributed by atoms with van der Waals surface area (Å²) in [5.41, 5.74) is 1.38. The molecular weight excluding hydrogens is 356 g/mol. The molecule has 2 aromatic carbocycles. The van der Waals surface area contributed by atoms with Crippen LogP contribution in [0.25, 0.3) is 0 Å². The summed E-state index contributed by atoms with van der Waals surface area (Å²) >= 11 is 0. The standard InChI is InChI=1S/C18H22N2O5S/c1-13-5-8-15(9-6-13)26(22,23)20(2)12-18(21)19-16-10-7-14(24-3)11-17(16)25-4/h5-11H,12H2,1-4H3,(H,19,21). The van der Waals surface area contributed by atoms with Gasteiger partial charge >= 0.3 is 0 Å². The van der Waals surface area contributed by atoms with Crippen molar-refractivity contribution in [1.29, 1.82) is 0 Å². The monoisotopic (exact) mass is 378 g/mol. The molecule has 0 heterocycles. The summed E-state index contributed by atoms with van der Waals surface area (Å²) in [6, 6.07) is 11.4. The average Bonchev–Trinajstić information content (AvgIpc) is 2.62. The molecule has 2 aromatic rings. The Morgan fingerprint density at radius 1 is 1.08 bits per heavy atom. The number of anilines is 1. The third-order valence-corrected chi connectivity index (χ3v) is 5.60. The van der Waals surface area contributed by atoms with Crippen molar-refractivity contribution in [3.63, 3.8) is 0 Å². The molecule has 0 aromatic heterocycles. The number of ether oxygens (including phenoxy) is 2. The lowest BCUT2D eigenvalue weighted by Gasteiger charge is -2.18. The van der Waals surface area contributed by atoms with Crippen molar-refractivity contribution < 1.29 is 22.7 Å². The highest BCUT2D eigenvalue weighted by Crippen LogP contribution is 2.29. The number of hydrogen-bond donors (Lipinski definition) is 1. The van der Waals surface area contributed by atoms with Gasteiger partial charge in [-0.3, -0.25) is 4.79 Å². The highest BCUT2D eigenvalue weighted by molar-refractivity contribution is 7.89. The van der Waals surface area contributed by atoms with Crippen LogP contribution >= 0.6 is 0 Å². The van der Waals surface area contributed by atoms with E-state index in [2.05, 4.69) is 5.32 Å². The van der Waals surface area contributed by atoms with Gasteiger partial charge in [0, 0.05) is 13.1 Å². The van der Waals surface area contributed by atoms with Crippen molar-refractivity contribution >= 4 is 21.6 Å². The van der Waals surface area contributed by atoms with Crippen LogP contribution in [0.15, 0.2) is 47.4 Å². The number of nitrogens with zero attached hydrogens (tertiary/aromatic N) is 1. The molecule has 1 amide bonds. The lowest BCUT2D eigenvalue weighted by atomic mass is 10.2. The van der Waals surface area contributed by atoms with E-state index in [1.54, 1.807) is 30.3 Å². The highest BCUT2D eigenvalue weighted by Gasteiger charge is 2.23. The summed E-state index contributed by atoms with van der Waals surface area (Å²) in [4.78, 5) is 12.4. The van der Waals surface area contributed by atoms with Crippen LogP contribution in [0.5, 0.6) is 11.5 Å². The molecule has 0 aliphatic carbocycles. The van der Waals surface area contributed by atoms with E-state index in [0.717, 1.165) is 9.87 Å². The van der Waals surface area contributed by atoms with Gasteiger partial charge in [-0.15, -0.1) is 0 Å². The first-order valence-corrected chi connectivity index (χ1v) is 9.27. The Bertz CT molecular complexity index is 879. The van der Waals surface area contributed by atoms with Gasteiger partial charge in [0.2, 0.25) is 15.9 Å². The van der Waals surface area contributed by atoms with Crippen LogP contribution < -0.4 is 14.8 Å². The largest absolute Gasteiger partial charge is 0.497 e. The van der Waals surface area contributed by atoms with Gasteiger partial charge < -0.3 is 14.8 Å². The number of benzene rings is 2. The van der Waals surface area contributed by atoms with Crippen LogP contribution in [0, 0.1) is 6.92 Å². The molecule has 0 aliphatic rings. The van der Waals surface area contributed by atoms with Gasteiger partial charge in [-0.1, -0.05) is 17.7 Å². The quantitative estimate of drug-likeness (QED) is 0.799. The van der Waals surface area contributed by atoms with E-state index in [0.29, 0.717) is 17.2 Å². The first-order chi connectivity index (χ1) is 12.3. The zero-order valence-electron chi connectivity index (χ0n) is 15.1. The average molecular weight is 378 g/mol. The van der Waals surface area contributed by atoms with Crippen LogP contribution in [0.2, 0.25) is 0 Å². The first kappa shape index (κ1) is 19.7. The molecule has 0 spiro atoms. The second-order valence-corrected chi connectivity index (χ2v) is 7.73. The third kappa shape index (κ3) is 4.53. The van der Waals surface area contributed by atoms with Gasteiger partial charge in [0.15, 0.2) is 0 Å². The molecule has 8 heteroatoms. The highest BCUT2D eigenvalue weighted by atomic mass is 32.2. The molecule has 7 nitrogen and oxygen atoms in total. The minimum atomic E-state index is -3.75. The molecule has 2 rings (SSSR count). The fraction of sp³-hybridized carbons (Fsp3) is 0.278. The Hall–Kier alpha value is -2.58. The number of methoxy groups -OCH3 is 2. The van der Waals surface area contributed by atoms with Crippen molar-refractivity contribution in [2.24, 2.45) is 0 Å². The number of hydrogen-bond acceptors (Lipinski definition) is 5. The SMILES string of the molecule is COc1ccc(NC(=O)CN(C)S(=O)(=O)c2ccc(C)cc2)c(OC)c1. The van der Waals surface area contributed by atoms with E-state index in [9.17, 15) is 13.2 Å². The fourth-order valence-electron chi connectivity index (χ4n) is 2.27. The van der Waals surface area contributed by atoms with E-state index in [1.807, 2.05) is 6.92 Å². The minimum absolute atomic E-state index is 0.139. The van der Waals surface area contributed by atoms with Gasteiger partial charge in [-0.25, -0.2) is 8.42 Å². The van der Waals surface area contributed by atoms with Gasteiger partial charge in [0.1, 0.15) is 11.5 Å². The van der Waals surface area contributed by atoms with Crippen molar-refractivity contribution in [2.45, 2.75) is 11.8 Å². The smallest absolute Gasteiger partial charge is 0.243 e. The summed E-state index contributed by atoms with van der Waals surface area (Å²) in [7, 11) is 0.609. The number of nitrogens with one attached hydrogen (secondary N) is 1. The summed E-state index contributed by atoms with van der Waals surface area (Å²) in [5, 5.41) is 2.65. The lowest BCUT2D eigenvalue weighted by molar-refractivity contribution is -0.116. The van der Waals surface area contributed by atoms with Crippen molar-refractivity contribution in [3.8, 4) is 11.5 Å². The Balaban J connectivity index is 2.11. The molecule has 0 fully saturated rings. The molecule has 0 saturated heterocycles. The van der Waals surface area contributed by atoms with Gasteiger partial charge in [0.05, 0.1) is 31.3 Å². The molecule has 140 valence electrons. The number of rotatable bonds is 7. The van der Waals surface area contributed by atoms with Crippen molar-refractivity contribution in [3.05, 3.63) is 48.0 Å². The normalized spacial score (nSPS) is 11.3. The molecule has 0 bridgehead atoms. The van der Waals surface area contributed by atoms with Crippen molar-refractivity contribution in [1.82, 2.24) is 4.31 Å². The van der Waals surface area contributed by atoms with E-state index in [1.165, 1.54) is 33.4 Å². The molecule has 0 unspecified atom stereocenters. The van der Waals surface area contributed by atoms with Gasteiger partial charge in [-0.05, 0) is 31.2 Å². The molecule has 0 radical (unpaired) electrons. The Morgan fingerprint density at radius 2 is 1.73 bits per heavy atom. The second-order valence-electron chi connectivity index (χ2n) is 5.69. The summed E-state index contributed by atoms with van der Waals surface area (Å²) in [5.74, 6) is 0.521. The van der Waals surface area contributed by atoms with Crippen LogP contribution in [-0.4, -0.2) is 46.4 Å². The van der Waals surface area contributed by atoms with Gasteiger partial charge in [0.25, 0.3) is 0 Å². The maximum atomic E-state index is 12.5. The zero-order chi connectivity index (χ0) is 19.3. The van der Waals surface area contributed by atoms with Crippen LogP contribution in [0.1, 0.15) is 5.56 Å². The number of sulfonamides is 1. The molecule has 0 saturated carbocycles. The van der Waals surface area contributed by atoms with Crippen LogP contribution in [0.4, 0.5) is 5.69 Å². The topological polar surface area (TPSA) is 84.9 Å². The third-order valence-electron chi connectivity index (χ3n) is 3.78. The first-order valence-electron chi connectivity index (χ1n) is 7.83. The summed E-state index contributed by atoms with van der Waals surface area (Å²) < 4.78 is 36.4. The zero-order valence-corrected chi connectivity index (χ0v) is 16.0. The minimum Gasteiger partial charge on any atom is -0.497 e. The van der Waals surface area contributed by atoms with E-state index in [-0.39, 0.29) is 11.4 Å². The summed E-state index contributed by atoms with van der Waals surface area (Å²) in [6.45, 7) is 1.54. The lowest BCUT2D eigenvalue weighted by Crippen LogP contribution is -2.35. The molecular formula is C18H22N2O5S. The maximum absolute atomic E-state index is 12.5.